The van der Waals surface area contributed by atoms with E-state index in [4.69, 9.17) is 16.9 Å². The molecule has 1 aromatic carbocycles. The molecule has 3 nitrogen and oxygen atoms in total. The Morgan fingerprint density at radius 3 is 2.88 bits per heavy atom. The Morgan fingerprint density at radius 1 is 1.59 bits per heavy atom. The van der Waals surface area contributed by atoms with Gasteiger partial charge in [-0.3, -0.25) is 4.79 Å². The van der Waals surface area contributed by atoms with E-state index < -0.39 is 0 Å². The summed E-state index contributed by atoms with van der Waals surface area (Å²) in [6.45, 7) is 3.90. The molecule has 0 aliphatic rings. The van der Waals surface area contributed by atoms with Crippen LogP contribution in [0.4, 0.5) is 5.69 Å². The quantitative estimate of drug-likeness (QED) is 0.888. The van der Waals surface area contributed by atoms with E-state index in [2.05, 4.69) is 5.32 Å². The molecular weight excluding hydrogens is 236 g/mol. The van der Waals surface area contributed by atoms with Crippen LogP contribution in [0.3, 0.4) is 0 Å². The minimum Gasteiger partial charge on any atom is -0.325 e. The lowest BCUT2D eigenvalue weighted by atomic mass is 10.1. The summed E-state index contributed by atoms with van der Waals surface area (Å²) in [4.78, 5) is 11.8. The zero-order valence-corrected chi connectivity index (χ0v) is 10.7. The van der Waals surface area contributed by atoms with Crippen molar-refractivity contribution in [1.82, 2.24) is 0 Å². The van der Waals surface area contributed by atoms with Crippen molar-refractivity contribution in [3.05, 3.63) is 28.8 Å². The molecule has 1 aromatic rings. The molecule has 0 fully saturated rings. The van der Waals surface area contributed by atoms with Crippen molar-refractivity contribution in [3.8, 4) is 6.07 Å². The zero-order valence-electron chi connectivity index (χ0n) is 9.96. The first kappa shape index (κ1) is 13.5. The van der Waals surface area contributed by atoms with Gasteiger partial charge in [0, 0.05) is 10.9 Å². The van der Waals surface area contributed by atoms with Crippen molar-refractivity contribution in [2.75, 3.05) is 5.32 Å². The average Bonchev–Trinajstić information content (AvgIpc) is 2.29. The second-order valence-corrected chi connectivity index (χ2v) is 4.42. The molecule has 1 N–H and O–H groups in total. The summed E-state index contributed by atoms with van der Waals surface area (Å²) in [6, 6.07) is 6.85. The molecule has 0 radical (unpaired) electrons. The number of nitrogens with zero attached hydrogens (tertiary/aromatic N) is 1. The molecule has 0 saturated carbocycles. The predicted molar refractivity (Wildman–Crippen MR) is 68.9 cm³/mol. The first-order valence-electron chi connectivity index (χ1n) is 5.59. The summed E-state index contributed by atoms with van der Waals surface area (Å²) in [7, 11) is 0. The molecule has 0 heterocycles. The molecule has 0 spiro atoms. The minimum atomic E-state index is -0.0781. The first-order chi connectivity index (χ1) is 8.08. The number of nitrogens with one attached hydrogen (secondary N) is 1. The second kappa shape index (κ2) is 6.27. The van der Waals surface area contributed by atoms with Crippen molar-refractivity contribution in [1.29, 1.82) is 5.26 Å². The van der Waals surface area contributed by atoms with E-state index in [0.717, 1.165) is 12.8 Å². The lowest BCUT2D eigenvalue weighted by Crippen LogP contribution is -2.20. The molecule has 0 bridgehead atoms. The van der Waals surface area contributed by atoms with Gasteiger partial charge in [0.05, 0.1) is 11.3 Å². The van der Waals surface area contributed by atoms with E-state index in [1.807, 2.05) is 19.9 Å². The van der Waals surface area contributed by atoms with Crippen molar-refractivity contribution < 1.29 is 4.79 Å². The Kier molecular flexibility index (Phi) is 4.99. The summed E-state index contributed by atoms with van der Waals surface area (Å²) < 4.78 is 0. The van der Waals surface area contributed by atoms with E-state index >= 15 is 0 Å². The average molecular weight is 251 g/mol. The molecule has 0 saturated heterocycles. The van der Waals surface area contributed by atoms with Gasteiger partial charge in [-0.1, -0.05) is 31.9 Å². The molecule has 90 valence electrons. The van der Waals surface area contributed by atoms with Crippen LogP contribution in [0.2, 0.25) is 5.02 Å². The van der Waals surface area contributed by atoms with Crippen LogP contribution in [0, 0.1) is 17.2 Å². The molecule has 0 aliphatic heterocycles. The fourth-order valence-electron chi connectivity index (χ4n) is 1.54. The van der Waals surface area contributed by atoms with E-state index in [0.29, 0.717) is 16.3 Å². The number of nitriles is 1. The van der Waals surface area contributed by atoms with Crippen LogP contribution in [-0.4, -0.2) is 5.91 Å². The molecule has 0 aliphatic carbocycles. The summed E-state index contributed by atoms with van der Waals surface area (Å²) in [5, 5.41) is 12.2. The van der Waals surface area contributed by atoms with Gasteiger partial charge >= 0.3 is 0 Å². The third-order valence-corrected chi connectivity index (χ3v) is 2.76. The number of halogens is 1. The van der Waals surface area contributed by atoms with Gasteiger partial charge in [0.25, 0.3) is 0 Å². The molecule has 1 atom stereocenters. The van der Waals surface area contributed by atoms with Crippen LogP contribution < -0.4 is 5.32 Å². The topological polar surface area (TPSA) is 52.9 Å². The second-order valence-electron chi connectivity index (χ2n) is 3.98. The molecule has 1 amide bonds. The van der Waals surface area contributed by atoms with E-state index in [9.17, 15) is 4.79 Å². The zero-order chi connectivity index (χ0) is 12.8. The lowest BCUT2D eigenvalue weighted by Gasteiger charge is -2.12. The Labute approximate surface area is 106 Å². The molecule has 1 rings (SSSR count). The Hall–Kier alpha value is -1.53. The van der Waals surface area contributed by atoms with Crippen molar-refractivity contribution in [3.63, 3.8) is 0 Å². The number of benzene rings is 1. The van der Waals surface area contributed by atoms with E-state index in [1.54, 1.807) is 18.2 Å². The van der Waals surface area contributed by atoms with Crippen LogP contribution in [0.5, 0.6) is 0 Å². The highest BCUT2D eigenvalue weighted by atomic mass is 35.5. The normalized spacial score (nSPS) is 11.6. The van der Waals surface area contributed by atoms with Gasteiger partial charge in [0.15, 0.2) is 0 Å². The number of amides is 1. The van der Waals surface area contributed by atoms with Gasteiger partial charge in [-0.15, -0.1) is 0 Å². The van der Waals surface area contributed by atoms with Gasteiger partial charge in [-0.25, -0.2) is 0 Å². The Balaban J connectivity index is 2.84. The monoisotopic (exact) mass is 250 g/mol. The van der Waals surface area contributed by atoms with Crippen LogP contribution in [0.25, 0.3) is 0 Å². The standard InChI is InChI=1S/C13H15ClN2O/c1-3-4-9(2)13(17)16-12-7-11(14)6-5-10(12)8-15/h5-7,9H,3-4H2,1-2H3,(H,16,17)/t9-/m0/s1. The van der Waals surface area contributed by atoms with E-state index in [1.165, 1.54) is 0 Å². The highest BCUT2D eigenvalue weighted by molar-refractivity contribution is 6.31. The molecule has 0 aromatic heterocycles. The fraction of sp³-hybridized carbons (Fsp3) is 0.385. The van der Waals surface area contributed by atoms with Gasteiger partial charge < -0.3 is 5.32 Å². The predicted octanol–water partition coefficient (Wildman–Crippen LogP) is 3.59. The SMILES string of the molecule is CCC[C@H](C)C(=O)Nc1cc(Cl)ccc1C#N. The smallest absolute Gasteiger partial charge is 0.227 e. The number of hydrogen-bond acceptors (Lipinski definition) is 2. The highest BCUT2D eigenvalue weighted by Crippen LogP contribution is 2.21. The maximum atomic E-state index is 11.8. The maximum absolute atomic E-state index is 11.8. The first-order valence-corrected chi connectivity index (χ1v) is 5.96. The van der Waals surface area contributed by atoms with Crippen LogP contribution in [0.15, 0.2) is 18.2 Å². The summed E-state index contributed by atoms with van der Waals surface area (Å²) in [5.74, 6) is -0.142. The minimum absolute atomic E-state index is 0.0643. The van der Waals surface area contributed by atoms with Gasteiger partial charge in [0.1, 0.15) is 6.07 Å². The highest BCUT2D eigenvalue weighted by Gasteiger charge is 2.13. The van der Waals surface area contributed by atoms with Gasteiger partial charge in [-0.05, 0) is 24.6 Å². The summed E-state index contributed by atoms with van der Waals surface area (Å²) in [5.41, 5.74) is 0.902. The Morgan fingerprint density at radius 2 is 2.29 bits per heavy atom. The molecular formula is C13H15ClN2O. The maximum Gasteiger partial charge on any atom is 0.227 e. The number of carbonyl (C=O) groups excluding carboxylic acids is 1. The largest absolute Gasteiger partial charge is 0.325 e. The van der Waals surface area contributed by atoms with Crippen LogP contribution >= 0.6 is 11.6 Å². The van der Waals surface area contributed by atoms with Crippen molar-refractivity contribution >= 4 is 23.2 Å². The van der Waals surface area contributed by atoms with Crippen molar-refractivity contribution in [2.45, 2.75) is 26.7 Å². The van der Waals surface area contributed by atoms with Crippen LogP contribution in [0.1, 0.15) is 32.3 Å². The third kappa shape index (κ3) is 3.76. The summed E-state index contributed by atoms with van der Waals surface area (Å²) >= 11 is 5.84. The number of anilines is 1. The molecule has 0 unspecified atom stereocenters. The van der Waals surface area contributed by atoms with E-state index in [-0.39, 0.29) is 11.8 Å². The van der Waals surface area contributed by atoms with Crippen molar-refractivity contribution in [2.24, 2.45) is 5.92 Å². The lowest BCUT2D eigenvalue weighted by molar-refractivity contribution is -0.119. The number of rotatable bonds is 4. The third-order valence-electron chi connectivity index (χ3n) is 2.53. The summed E-state index contributed by atoms with van der Waals surface area (Å²) in [6.07, 6.45) is 1.78. The van der Waals surface area contributed by atoms with Crippen LogP contribution in [-0.2, 0) is 4.79 Å². The van der Waals surface area contributed by atoms with Gasteiger partial charge in [-0.2, -0.15) is 5.26 Å². The molecule has 4 heteroatoms. The number of carbonyl (C=O) groups is 1. The molecule has 17 heavy (non-hydrogen) atoms. The number of hydrogen-bond donors (Lipinski definition) is 1. The Bertz CT molecular complexity index is 451. The van der Waals surface area contributed by atoms with Gasteiger partial charge in [0.2, 0.25) is 5.91 Å². The fourth-order valence-corrected chi connectivity index (χ4v) is 1.71.